The van der Waals surface area contributed by atoms with Gasteiger partial charge in [-0.1, -0.05) is 44.2 Å². The highest BCUT2D eigenvalue weighted by Gasteiger charge is 2.28. The third kappa shape index (κ3) is 16.1. The third-order valence-electron chi connectivity index (χ3n) is 9.52. The Hall–Kier alpha value is -5.89. The van der Waals surface area contributed by atoms with Gasteiger partial charge in [-0.05, 0) is 67.1 Å². The molecule has 0 aliphatic carbocycles. The van der Waals surface area contributed by atoms with Crippen molar-refractivity contribution in [1.29, 1.82) is 0 Å². The lowest BCUT2D eigenvalue weighted by Gasteiger charge is -2.24. The number of Topliss-reactive ketones (excluding diaryl/α,β-unsaturated/α-hetero) is 1. The Morgan fingerprint density at radius 1 is 0.857 bits per heavy atom. The molecule has 3 atom stereocenters. The number of benzene rings is 2. The molecule has 5 N–H and O–H groups in total. The molecule has 0 aliphatic rings. The van der Waals surface area contributed by atoms with Crippen LogP contribution in [-0.4, -0.2) is 120 Å². The average molecular weight is 872 g/mol. The van der Waals surface area contributed by atoms with E-state index in [1.165, 1.54) is 23.0 Å². The smallest absolute Gasteiger partial charge is 0.274 e. The van der Waals surface area contributed by atoms with Crippen molar-refractivity contribution < 1.29 is 47.6 Å². The van der Waals surface area contributed by atoms with Gasteiger partial charge in [-0.2, -0.15) is 5.10 Å². The summed E-state index contributed by atoms with van der Waals surface area (Å²) in [7, 11) is 1.54. The lowest BCUT2D eigenvalue weighted by atomic mass is 9.96. The van der Waals surface area contributed by atoms with Crippen molar-refractivity contribution in [3.8, 4) is 17.3 Å². The first-order valence-corrected chi connectivity index (χ1v) is 20.9. The second-order valence-electron chi connectivity index (χ2n) is 15.1. The number of nitrogens with zero attached hydrogens (tertiary/aromatic N) is 4. The summed E-state index contributed by atoms with van der Waals surface area (Å²) in [5.41, 5.74) is 8.87. The Balaban J connectivity index is 0.850. The number of aromatic nitrogens is 4. The van der Waals surface area contributed by atoms with Crippen LogP contribution in [0.4, 0.5) is 5.69 Å². The molecular formula is C45H57N7O11. The number of rotatable bonds is 28. The molecule has 63 heavy (non-hydrogen) atoms. The number of nitrogens with two attached hydrogens (primary N) is 1. The number of aryl methyl sites for hydroxylation is 1. The molecule has 5 rings (SSSR count). The van der Waals surface area contributed by atoms with Crippen LogP contribution in [0.2, 0.25) is 0 Å². The standard InChI is InChI=1S/C45H57N7O11/c1-30(2)26-37(49-44(57)42(55)34(46)27-31-8-5-4-6-9-31)39(53)10-7-17-58-18-19-59-20-21-60-22-23-61-24-25-62-33-12-13-35(47-29-33)43(56)48-32-11-15-40-38(28-32)50-45(63-40)36-14-16-41(54)52(3)51-36/h4-6,8-9,11-16,28-30,34,37,42,55H,7,10,17-27,46H2,1-3H3,(H,48,56)(H,49,57)/t34-,37+,42+/m1/s1. The highest BCUT2D eigenvalue weighted by Crippen LogP contribution is 2.25. The van der Waals surface area contributed by atoms with E-state index in [4.69, 9.17) is 33.8 Å². The SMILES string of the molecule is CC(C)C[C@H](NC(=O)[C@@H](O)[C@H](N)Cc1ccccc1)C(=O)CCCOCCOCCOCCOCCOc1ccc(C(=O)Nc2ccc3oc(-c4ccc(=O)n(C)n4)nc3c2)nc1. The van der Waals surface area contributed by atoms with E-state index < -0.39 is 30.0 Å². The van der Waals surface area contributed by atoms with Gasteiger partial charge in [0.15, 0.2) is 11.4 Å². The molecule has 0 radical (unpaired) electrons. The number of hydrogen-bond donors (Lipinski definition) is 4. The van der Waals surface area contributed by atoms with Crippen LogP contribution in [0.5, 0.6) is 5.75 Å². The van der Waals surface area contributed by atoms with E-state index in [-0.39, 0.29) is 41.9 Å². The number of ether oxygens (including phenoxy) is 5. The van der Waals surface area contributed by atoms with E-state index in [1.54, 1.807) is 37.4 Å². The lowest BCUT2D eigenvalue weighted by Crippen LogP contribution is -2.52. The zero-order valence-electron chi connectivity index (χ0n) is 35.9. The summed E-state index contributed by atoms with van der Waals surface area (Å²) in [6.07, 6.45) is 1.54. The van der Waals surface area contributed by atoms with Crippen LogP contribution in [-0.2, 0) is 42.0 Å². The van der Waals surface area contributed by atoms with Crippen LogP contribution in [0, 0.1) is 5.92 Å². The monoisotopic (exact) mass is 871 g/mol. The fraction of sp³-hybridized carbons (Fsp3) is 0.444. The lowest BCUT2D eigenvalue weighted by molar-refractivity contribution is -0.134. The minimum Gasteiger partial charge on any atom is -0.490 e. The molecule has 2 amide bonds. The number of anilines is 1. The first kappa shape index (κ1) is 48.1. The Morgan fingerprint density at radius 2 is 1.54 bits per heavy atom. The maximum atomic E-state index is 13.0. The molecule has 338 valence electrons. The van der Waals surface area contributed by atoms with Gasteiger partial charge in [-0.3, -0.25) is 19.2 Å². The number of hydrogen-bond acceptors (Lipinski definition) is 15. The van der Waals surface area contributed by atoms with Crippen molar-refractivity contribution in [2.75, 3.05) is 64.8 Å². The number of pyridine rings is 1. The molecule has 5 aromatic rings. The molecule has 0 saturated carbocycles. The maximum absolute atomic E-state index is 13.0. The number of fused-ring (bicyclic) bond motifs is 1. The van der Waals surface area contributed by atoms with Gasteiger partial charge < -0.3 is 49.6 Å². The number of aliphatic hydroxyl groups is 1. The number of aliphatic hydroxyl groups excluding tert-OH is 1. The molecule has 0 aliphatic heterocycles. The molecule has 0 fully saturated rings. The van der Waals surface area contributed by atoms with Crippen molar-refractivity contribution in [2.24, 2.45) is 18.7 Å². The minimum absolute atomic E-state index is 0.114. The molecule has 3 heterocycles. The molecule has 2 aromatic carbocycles. The predicted molar refractivity (Wildman–Crippen MR) is 233 cm³/mol. The van der Waals surface area contributed by atoms with Gasteiger partial charge in [0.05, 0.1) is 58.5 Å². The molecule has 18 heteroatoms. The molecule has 3 aromatic heterocycles. The van der Waals surface area contributed by atoms with Crippen LogP contribution in [0.3, 0.4) is 0 Å². The normalized spacial score (nSPS) is 12.9. The number of carbonyl (C=O) groups is 3. The van der Waals surface area contributed by atoms with E-state index >= 15 is 0 Å². The van der Waals surface area contributed by atoms with E-state index in [0.717, 1.165) is 5.56 Å². The third-order valence-corrected chi connectivity index (χ3v) is 9.52. The van der Waals surface area contributed by atoms with Gasteiger partial charge in [0.2, 0.25) is 5.89 Å². The van der Waals surface area contributed by atoms with Crippen LogP contribution in [0.1, 0.15) is 49.2 Å². The van der Waals surface area contributed by atoms with Gasteiger partial charge in [0.1, 0.15) is 35.4 Å². The molecule has 0 bridgehead atoms. The second kappa shape index (κ2) is 25.3. The van der Waals surface area contributed by atoms with Crippen LogP contribution in [0.15, 0.2) is 88.2 Å². The second-order valence-corrected chi connectivity index (χ2v) is 15.1. The van der Waals surface area contributed by atoms with Gasteiger partial charge in [-0.15, -0.1) is 0 Å². The molecular weight excluding hydrogens is 815 g/mol. The van der Waals surface area contributed by atoms with Crippen molar-refractivity contribution >= 4 is 34.4 Å². The van der Waals surface area contributed by atoms with Crippen LogP contribution < -0.4 is 26.7 Å². The summed E-state index contributed by atoms with van der Waals surface area (Å²) < 4.78 is 34.9. The van der Waals surface area contributed by atoms with Gasteiger partial charge in [-0.25, -0.2) is 14.6 Å². The summed E-state index contributed by atoms with van der Waals surface area (Å²) in [4.78, 5) is 58.9. The highest BCUT2D eigenvalue weighted by molar-refractivity contribution is 6.03. The summed E-state index contributed by atoms with van der Waals surface area (Å²) in [6.45, 7) is 7.19. The van der Waals surface area contributed by atoms with Crippen molar-refractivity contribution in [3.63, 3.8) is 0 Å². The van der Waals surface area contributed by atoms with Crippen molar-refractivity contribution in [2.45, 2.75) is 57.7 Å². The van der Waals surface area contributed by atoms with Gasteiger partial charge >= 0.3 is 0 Å². The van der Waals surface area contributed by atoms with Crippen molar-refractivity contribution in [3.05, 3.63) is 101 Å². The quantitative estimate of drug-likeness (QED) is 0.0526. The molecule has 0 saturated heterocycles. The summed E-state index contributed by atoms with van der Waals surface area (Å²) in [5.74, 6) is -0.278. The van der Waals surface area contributed by atoms with E-state index in [9.17, 15) is 24.3 Å². The topological polar surface area (TPSA) is 241 Å². The summed E-state index contributed by atoms with van der Waals surface area (Å²) in [5, 5.41) is 20.2. The predicted octanol–water partition coefficient (Wildman–Crippen LogP) is 3.49. The number of amides is 2. The first-order chi connectivity index (χ1) is 30.5. The van der Waals surface area contributed by atoms with E-state index in [0.29, 0.717) is 100 Å². The number of carbonyl (C=O) groups excluding carboxylic acids is 3. The number of ketones is 1. The summed E-state index contributed by atoms with van der Waals surface area (Å²) >= 11 is 0. The van der Waals surface area contributed by atoms with E-state index in [1.807, 2.05) is 44.2 Å². The van der Waals surface area contributed by atoms with Crippen molar-refractivity contribution in [1.82, 2.24) is 25.1 Å². The van der Waals surface area contributed by atoms with Crippen LogP contribution >= 0.6 is 0 Å². The van der Waals surface area contributed by atoms with E-state index in [2.05, 4.69) is 25.7 Å². The fourth-order valence-corrected chi connectivity index (χ4v) is 6.22. The maximum Gasteiger partial charge on any atom is 0.274 e. The largest absolute Gasteiger partial charge is 0.490 e. The molecule has 0 spiro atoms. The van der Waals surface area contributed by atoms with Crippen LogP contribution in [0.25, 0.3) is 22.7 Å². The Bertz CT molecular complexity index is 2250. The molecule has 18 nitrogen and oxygen atoms in total. The zero-order chi connectivity index (χ0) is 45.0. The Morgan fingerprint density at radius 3 is 2.19 bits per heavy atom. The van der Waals surface area contributed by atoms with Gasteiger partial charge in [0.25, 0.3) is 17.4 Å². The highest BCUT2D eigenvalue weighted by atomic mass is 16.6. The number of nitrogens with one attached hydrogen (secondary N) is 2. The summed E-state index contributed by atoms with van der Waals surface area (Å²) in [6, 6.07) is 19.0. The average Bonchev–Trinajstić information content (AvgIpc) is 3.70. The minimum atomic E-state index is -1.43. The fourth-order valence-electron chi connectivity index (χ4n) is 6.22. The number of oxazole rings is 1. The zero-order valence-corrected chi connectivity index (χ0v) is 35.9. The first-order valence-electron chi connectivity index (χ1n) is 20.9. The van der Waals surface area contributed by atoms with Gasteiger partial charge in [0, 0.05) is 37.9 Å². The Labute approximate surface area is 365 Å². The molecule has 0 unspecified atom stereocenters. The Kier molecular flexibility index (Phi) is 19.3.